The second-order valence-electron chi connectivity index (χ2n) is 7.79. The van der Waals surface area contributed by atoms with Crippen molar-refractivity contribution < 1.29 is 17.9 Å². The Morgan fingerprint density at radius 1 is 1.11 bits per heavy atom. The van der Waals surface area contributed by atoms with E-state index in [9.17, 15) is 13.2 Å². The zero-order chi connectivity index (χ0) is 19.6. The topological polar surface area (TPSA) is 66.9 Å². The zero-order valence-corrected chi connectivity index (χ0v) is 17.2. The molecular weight excluding hydrogens is 364 g/mol. The Bertz CT molecular complexity index is 757. The van der Waals surface area contributed by atoms with E-state index in [1.165, 1.54) is 10.7 Å². The van der Waals surface area contributed by atoms with Gasteiger partial charge in [0, 0.05) is 25.2 Å². The predicted octanol–water partition coefficient (Wildman–Crippen LogP) is 2.89. The molecule has 1 amide bonds. The van der Waals surface area contributed by atoms with Crippen LogP contribution in [0.25, 0.3) is 0 Å². The molecule has 150 valence electrons. The molecule has 1 aromatic carbocycles. The van der Waals surface area contributed by atoms with E-state index in [4.69, 9.17) is 4.74 Å². The lowest BCUT2D eigenvalue weighted by molar-refractivity contribution is -0.0387. The summed E-state index contributed by atoms with van der Waals surface area (Å²) in [6.45, 7) is 4.97. The molecule has 0 aromatic heterocycles. The average Bonchev–Trinajstić information content (AvgIpc) is 2.69. The van der Waals surface area contributed by atoms with Crippen molar-refractivity contribution in [2.24, 2.45) is 0 Å². The van der Waals surface area contributed by atoms with Crippen molar-refractivity contribution in [1.82, 2.24) is 9.21 Å². The van der Waals surface area contributed by atoms with Crippen molar-refractivity contribution >= 4 is 15.9 Å². The standard InChI is InChI=1S/C20H30N2O4S/c1-15-14-26-16(2)13-22(15)20(23)17-9-11-19(12-10-17)27(24,25)21(3)18-7-5-4-6-8-18/h9-12,15-16,18H,4-8,13-14H2,1-3H3. The number of rotatable bonds is 4. The van der Waals surface area contributed by atoms with Gasteiger partial charge in [-0.15, -0.1) is 0 Å². The van der Waals surface area contributed by atoms with Gasteiger partial charge in [0.2, 0.25) is 10.0 Å². The van der Waals surface area contributed by atoms with Crippen molar-refractivity contribution in [3.63, 3.8) is 0 Å². The number of amides is 1. The fourth-order valence-electron chi connectivity index (χ4n) is 3.93. The van der Waals surface area contributed by atoms with Crippen LogP contribution in [0.2, 0.25) is 0 Å². The largest absolute Gasteiger partial charge is 0.375 e. The van der Waals surface area contributed by atoms with Crippen LogP contribution in [0.4, 0.5) is 0 Å². The molecule has 1 heterocycles. The van der Waals surface area contributed by atoms with Crippen LogP contribution < -0.4 is 0 Å². The molecule has 1 saturated heterocycles. The smallest absolute Gasteiger partial charge is 0.254 e. The van der Waals surface area contributed by atoms with Gasteiger partial charge in [0.05, 0.1) is 23.6 Å². The molecule has 2 unspecified atom stereocenters. The lowest BCUT2D eigenvalue weighted by Crippen LogP contribution is -2.50. The third-order valence-electron chi connectivity index (χ3n) is 5.74. The molecule has 27 heavy (non-hydrogen) atoms. The summed E-state index contributed by atoms with van der Waals surface area (Å²) in [7, 11) is -1.87. The number of ether oxygens (including phenoxy) is 1. The first-order chi connectivity index (χ1) is 12.8. The molecular formula is C20H30N2O4S. The van der Waals surface area contributed by atoms with Crippen molar-refractivity contribution in [2.75, 3.05) is 20.2 Å². The highest BCUT2D eigenvalue weighted by molar-refractivity contribution is 7.89. The molecule has 1 aliphatic heterocycles. The van der Waals surface area contributed by atoms with Gasteiger partial charge < -0.3 is 9.64 Å². The number of benzene rings is 1. The maximum atomic E-state index is 12.9. The minimum atomic E-state index is -3.54. The molecule has 2 fully saturated rings. The Labute approximate surface area is 162 Å². The van der Waals surface area contributed by atoms with Crippen LogP contribution in [-0.2, 0) is 14.8 Å². The maximum absolute atomic E-state index is 12.9. The van der Waals surface area contributed by atoms with E-state index in [2.05, 4.69) is 0 Å². The van der Waals surface area contributed by atoms with E-state index in [0.29, 0.717) is 18.7 Å². The predicted molar refractivity (Wildman–Crippen MR) is 104 cm³/mol. The summed E-state index contributed by atoms with van der Waals surface area (Å²) in [6.07, 6.45) is 5.18. The summed E-state index contributed by atoms with van der Waals surface area (Å²) in [5.41, 5.74) is 0.509. The number of carbonyl (C=O) groups excluding carboxylic acids is 1. The minimum Gasteiger partial charge on any atom is -0.375 e. The van der Waals surface area contributed by atoms with Crippen molar-refractivity contribution in [3.05, 3.63) is 29.8 Å². The van der Waals surface area contributed by atoms with Crippen LogP contribution in [-0.4, -0.2) is 61.9 Å². The Hall–Kier alpha value is -1.44. The van der Waals surface area contributed by atoms with E-state index >= 15 is 0 Å². The lowest BCUT2D eigenvalue weighted by Gasteiger charge is -2.36. The Kier molecular flexibility index (Phi) is 6.23. The zero-order valence-electron chi connectivity index (χ0n) is 16.4. The summed E-state index contributed by atoms with van der Waals surface area (Å²) >= 11 is 0. The first kappa shape index (κ1) is 20.3. The molecule has 2 atom stereocenters. The highest BCUT2D eigenvalue weighted by Gasteiger charge is 2.31. The second-order valence-corrected chi connectivity index (χ2v) is 9.79. The van der Waals surface area contributed by atoms with Gasteiger partial charge in [-0.1, -0.05) is 19.3 Å². The first-order valence-corrected chi connectivity index (χ1v) is 11.3. The van der Waals surface area contributed by atoms with Gasteiger partial charge in [0.15, 0.2) is 0 Å². The van der Waals surface area contributed by atoms with E-state index in [0.717, 1.165) is 25.7 Å². The first-order valence-electron chi connectivity index (χ1n) is 9.81. The second kappa shape index (κ2) is 8.29. The number of carbonyl (C=O) groups is 1. The van der Waals surface area contributed by atoms with Crippen molar-refractivity contribution in [3.8, 4) is 0 Å². The summed E-state index contributed by atoms with van der Waals surface area (Å²) in [4.78, 5) is 14.9. The van der Waals surface area contributed by atoms with Gasteiger partial charge in [-0.05, 0) is 51.0 Å². The third-order valence-corrected chi connectivity index (χ3v) is 7.66. The van der Waals surface area contributed by atoms with Crippen LogP contribution in [0.3, 0.4) is 0 Å². The summed E-state index contributed by atoms with van der Waals surface area (Å²) < 4.78 is 32.9. The van der Waals surface area contributed by atoms with E-state index < -0.39 is 10.0 Å². The SMILES string of the molecule is CC1CN(C(=O)c2ccc(S(=O)(=O)N(C)C3CCCCC3)cc2)C(C)CO1. The van der Waals surface area contributed by atoms with E-state index in [1.54, 1.807) is 36.2 Å². The van der Waals surface area contributed by atoms with E-state index in [-0.39, 0.29) is 29.0 Å². The normalized spacial score (nSPS) is 25.0. The van der Waals surface area contributed by atoms with E-state index in [1.807, 2.05) is 13.8 Å². The fourth-order valence-corrected chi connectivity index (χ4v) is 5.34. The quantitative estimate of drug-likeness (QED) is 0.788. The third kappa shape index (κ3) is 4.36. The molecule has 0 radical (unpaired) electrons. The van der Waals surface area contributed by atoms with Crippen LogP contribution in [0.15, 0.2) is 29.2 Å². The van der Waals surface area contributed by atoms with Crippen LogP contribution in [0.5, 0.6) is 0 Å². The average molecular weight is 395 g/mol. The molecule has 1 aromatic rings. The molecule has 2 aliphatic rings. The molecule has 1 saturated carbocycles. The van der Waals surface area contributed by atoms with Crippen LogP contribution in [0, 0.1) is 0 Å². The highest BCUT2D eigenvalue weighted by Crippen LogP contribution is 2.27. The molecule has 3 rings (SSSR count). The van der Waals surface area contributed by atoms with Gasteiger partial charge in [-0.25, -0.2) is 8.42 Å². The number of sulfonamides is 1. The van der Waals surface area contributed by atoms with Crippen LogP contribution in [0.1, 0.15) is 56.3 Å². The number of hydrogen-bond donors (Lipinski definition) is 0. The number of morpholine rings is 1. The maximum Gasteiger partial charge on any atom is 0.254 e. The molecule has 7 heteroatoms. The van der Waals surface area contributed by atoms with Crippen molar-refractivity contribution in [2.45, 2.75) is 69.0 Å². The monoisotopic (exact) mass is 394 g/mol. The lowest BCUT2D eigenvalue weighted by atomic mass is 9.96. The molecule has 6 nitrogen and oxygen atoms in total. The summed E-state index contributed by atoms with van der Waals surface area (Å²) in [6, 6.07) is 6.43. The molecule has 0 N–H and O–H groups in total. The summed E-state index contributed by atoms with van der Waals surface area (Å²) in [5, 5.41) is 0. The Morgan fingerprint density at radius 3 is 2.37 bits per heavy atom. The van der Waals surface area contributed by atoms with Gasteiger partial charge in [-0.2, -0.15) is 4.31 Å². The summed E-state index contributed by atoms with van der Waals surface area (Å²) in [5.74, 6) is -0.0813. The highest BCUT2D eigenvalue weighted by atomic mass is 32.2. The van der Waals surface area contributed by atoms with Gasteiger partial charge in [-0.3, -0.25) is 4.79 Å². The number of hydrogen-bond acceptors (Lipinski definition) is 4. The Morgan fingerprint density at radius 2 is 1.74 bits per heavy atom. The molecule has 0 bridgehead atoms. The van der Waals surface area contributed by atoms with Crippen molar-refractivity contribution in [1.29, 1.82) is 0 Å². The van der Waals surface area contributed by atoms with Crippen LogP contribution >= 0.6 is 0 Å². The fraction of sp³-hybridized carbons (Fsp3) is 0.650. The van der Waals surface area contributed by atoms with Gasteiger partial charge in [0.25, 0.3) is 5.91 Å². The molecule has 1 aliphatic carbocycles. The molecule has 0 spiro atoms. The minimum absolute atomic E-state index is 0.00828. The van der Waals surface area contributed by atoms with Gasteiger partial charge in [0.1, 0.15) is 0 Å². The number of nitrogens with zero attached hydrogens (tertiary/aromatic N) is 2. The Balaban J connectivity index is 1.75. The van der Waals surface area contributed by atoms with Gasteiger partial charge >= 0.3 is 0 Å².